The van der Waals surface area contributed by atoms with Gasteiger partial charge in [0.2, 0.25) is 0 Å². The number of benzene rings is 2. The number of nitrogens with one attached hydrogen (secondary N) is 3. The summed E-state index contributed by atoms with van der Waals surface area (Å²) in [4.78, 5) is 24.8. The third kappa shape index (κ3) is 7.09. The molecule has 0 bridgehead atoms. The fourth-order valence-electron chi connectivity index (χ4n) is 2.25. The van der Waals surface area contributed by atoms with Gasteiger partial charge in [0.25, 0.3) is 11.8 Å². The predicted octanol–water partition coefficient (Wildman–Crippen LogP) is 4.65. The van der Waals surface area contributed by atoms with Crippen LogP contribution in [0.4, 0.5) is 0 Å². The lowest BCUT2D eigenvalue weighted by atomic mass is 10.1. The molecular formula is C20H21Br2N3O3S. The van der Waals surface area contributed by atoms with Crippen LogP contribution in [0.3, 0.4) is 0 Å². The second-order valence-electron chi connectivity index (χ2n) is 6.17. The van der Waals surface area contributed by atoms with Gasteiger partial charge in [-0.3, -0.25) is 25.8 Å². The lowest BCUT2D eigenvalue weighted by Crippen LogP contribution is -2.48. The van der Waals surface area contributed by atoms with E-state index in [1.165, 1.54) is 0 Å². The zero-order valence-electron chi connectivity index (χ0n) is 16.0. The van der Waals surface area contributed by atoms with Crippen molar-refractivity contribution >= 4 is 61.0 Å². The molecule has 2 aromatic rings. The molecule has 2 rings (SSSR count). The number of ether oxygens (including phenoxy) is 1. The van der Waals surface area contributed by atoms with Gasteiger partial charge in [-0.25, -0.2) is 0 Å². The normalized spacial score (nSPS) is 10.2. The second-order valence-corrected chi connectivity index (χ2v) is 8.35. The predicted molar refractivity (Wildman–Crippen MR) is 124 cm³/mol. The number of carbonyl (C=O) groups excluding carboxylic acids is 2. The molecule has 0 unspecified atom stereocenters. The zero-order chi connectivity index (χ0) is 21.4. The van der Waals surface area contributed by atoms with Crippen molar-refractivity contribution in [3.63, 3.8) is 0 Å². The third-order valence-electron chi connectivity index (χ3n) is 3.89. The Bertz CT molecular complexity index is 922. The molecule has 2 aromatic carbocycles. The topological polar surface area (TPSA) is 79.5 Å². The van der Waals surface area contributed by atoms with Gasteiger partial charge < -0.3 is 4.74 Å². The van der Waals surface area contributed by atoms with Crippen molar-refractivity contribution in [1.29, 1.82) is 0 Å². The highest BCUT2D eigenvalue weighted by Gasteiger charge is 2.15. The number of hydrogen-bond donors (Lipinski definition) is 3. The van der Waals surface area contributed by atoms with Crippen molar-refractivity contribution in [1.82, 2.24) is 16.2 Å². The van der Waals surface area contributed by atoms with Gasteiger partial charge in [0.05, 0.1) is 12.2 Å². The molecule has 29 heavy (non-hydrogen) atoms. The largest absolute Gasteiger partial charge is 0.493 e. The molecule has 3 N–H and O–H groups in total. The molecular weight excluding hydrogens is 522 g/mol. The van der Waals surface area contributed by atoms with Crippen LogP contribution < -0.4 is 20.9 Å². The number of halogens is 2. The summed E-state index contributed by atoms with van der Waals surface area (Å²) in [6, 6.07) is 10.4. The van der Waals surface area contributed by atoms with Crippen molar-refractivity contribution in [2.75, 3.05) is 6.61 Å². The summed E-state index contributed by atoms with van der Waals surface area (Å²) >= 11 is 11.9. The van der Waals surface area contributed by atoms with Gasteiger partial charge >= 0.3 is 0 Å². The first-order chi connectivity index (χ1) is 13.8. The highest BCUT2D eigenvalue weighted by Crippen LogP contribution is 2.23. The second kappa shape index (κ2) is 11.3. The molecule has 0 radical (unpaired) electrons. The number of thiocarbonyl (C=S) groups is 1. The Morgan fingerprint density at radius 3 is 2.52 bits per heavy atom. The Balaban J connectivity index is 1.96. The van der Waals surface area contributed by atoms with Crippen LogP contribution in [0.1, 0.15) is 46.0 Å². The van der Waals surface area contributed by atoms with Crippen LogP contribution in [-0.2, 0) is 0 Å². The van der Waals surface area contributed by atoms with E-state index in [1.54, 1.807) is 30.3 Å². The molecule has 154 valence electrons. The molecule has 9 heteroatoms. The summed E-state index contributed by atoms with van der Waals surface area (Å²) in [5.74, 6) is -0.355. The van der Waals surface area contributed by atoms with E-state index in [1.807, 2.05) is 13.0 Å². The molecule has 0 saturated heterocycles. The molecule has 0 saturated carbocycles. The van der Waals surface area contributed by atoms with Crippen LogP contribution in [0, 0.1) is 6.92 Å². The maximum atomic E-state index is 12.6. The maximum absolute atomic E-state index is 12.6. The summed E-state index contributed by atoms with van der Waals surface area (Å²) in [6.07, 6.45) is 1.88. The maximum Gasteiger partial charge on any atom is 0.269 e. The molecule has 0 aliphatic heterocycles. The smallest absolute Gasteiger partial charge is 0.269 e. The van der Waals surface area contributed by atoms with Crippen LogP contribution in [-0.4, -0.2) is 23.5 Å². The van der Waals surface area contributed by atoms with Crippen molar-refractivity contribution in [2.45, 2.75) is 26.7 Å². The summed E-state index contributed by atoms with van der Waals surface area (Å²) in [5, 5.41) is 2.50. The van der Waals surface area contributed by atoms with E-state index >= 15 is 0 Å². The van der Waals surface area contributed by atoms with E-state index < -0.39 is 5.91 Å². The van der Waals surface area contributed by atoms with Crippen LogP contribution in [0.25, 0.3) is 0 Å². The number of carbonyl (C=O) groups is 2. The lowest BCUT2D eigenvalue weighted by Gasteiger charge is -2.14. The van der Waals surface area contributed by atoms with Gasteiger partial charge in [-0.15, -0.1) is 0 Å². The first-order valence-corrected chi connectivity index (χ1v) is 10.9. The molecule has 6 nitrogen and oxygen atoms in total. The summed E-state index contributed by atoms with van der Waals surface area (Å²) in [7, 11) is 0. The Labute approximate surface area is 192 Å². The van der Waals surface area contributed by atoms with E-state index in [4.69, 9.17) is 17.0 Å². The third-order valence-corrected chi connectivity index (χ3v) is 5.44. The van der Waals surface area contributed by atoms with Crippen molar-refractivity contribution in [3.8, 4) is 5.75 Å². The Morgan fingerprint density at radius 2 is 1.83 bits per heavy atom. The molecule has 0 aromatic heterocycles. The summed E-state index contributed by atoms with van der Waals surface area (Å²) in [6.45, 7) is 4.51. The first-order valence-electron chi connectivity index (χ1n) is 8.92. The Morgan fingerprint density at radius 1 is 1.07 bits per heavy atom. The van der Waals surface area contributed by atoms with Gasteiger partial charge in [-0.1, -0.05) is 51.3 Å². The van der Waals surface area contributed by atoms with E-state index in [0.717, 1.165) is 27.4 Å². The van der Waals surface area contributed by atoms with Gasteiger partial charge in [-0.05, 0) is 61.5 Å². The molecule has 0 aliphatic carbocycles. The molecule has 0 atom stereocenters. The average Bonchev–Trinajstić information content (AvgIpc) is 2.69. The number of aryl methyl sites for hydroxylation is 1. The average molecular weight is 543 g/mol. The lowest BCUT2D eigenvalue weighted by molar-refractivity contribution is 0.0933. The Kier molecular flexibility index (Phi) is 9.06. The minimum atomic E-state index is -0.442. The number of amides is 2. The number of hydrogen-bond acceptors (Lipinski definition) is 4. The highest BCUT2D eigenvalue weighted by molar-refractivity contribution is 9.10. The Hall–Kier alpha value is -1.97. The number of hydrazine groups is 1. The van der Waals surface area contributed by atoms with Crippen molar-refractivity contribution < 1.29 is 14.3 Å². The van der Waals surface area contributed by atoms with Gasteiger partial charge in [-0.2, -0.15) is 0 Å². The molecule has 2 amide bonds. The number of rotatable bonds is 6. The van der Waals surface area contributed by atoms with Crippen LogP contribution in [0.5, 0.6) is 5.75 Å². The quantitative estimate of drug-likeness (QED) is 0.281. The fraction of sp³-hybridized carbons (Fsp3) is 0.250. The van der Waals surface area contributed by atoms with Crippen molar-refractivity contribution in [3.05, 3.63) is 62.0 Å². The fourth-order valence-corrected chi connectivity index (χ4v) is 3.14. The van der Waals surface area contributed by atoms with Gasteiger partial charge in [0.15, 0.2) is 5.11 Å². The van der Waals surface area contributed by atoms with E-state index in [2.05, 4.69) is 55.0 Å². The van der Waals surface area contributed by atoms with E-state index in [9.17, 15) is 9.59 Å². The first kappa shape index (κ1) is 23.3. The monoisotopic (exact) mass is 541 g/mol. The van der Waals surface area contributed by atoms with Crippen LogP contribution in [0.15, 0.2) is 45.3 Å². The molecule has 0 fully saturated rings. The van der Waals surface area contributed by atoms with E-state index in [0.29, 0.717) is 23.5 Å². The van der Waals surface area contributed by atoms with Crippen LogP contribution >= 0.6 is 44.1 Å². The summed E-state index contributed by atoms with van der Waals surface area (Å²) < 4.78 is 7.26. The molecule has 0 aliphatic rings. The highest BCUT2D eigenvalue weighted by atomic mass is 79.9. The molecule has 0 spiro atoms. The zero-order valence-corrected chi connectivity index (χ0v) is 20.0. The molecule has 0 heterocycles. The standard InChI is InChI=1S/C20H21Br2N3O3S/c1-3-4-9-28-17-8-7-14(21)11-15(17)19(27)23-20(29)25-24-18(26)13-6-5-12(2)16(22)10-13/h5-8,10-11H,3-4,9H2,1-2H3,(H,24,26)(H2,23,25,27,29). The van der Waals surface area contributed by atoms with Crippen molar-refractivity contribution in [2.24, 2.45) is 0 Å². The van der Waals surface area contributed by atoms with Crippen LogP contribution in [0.2, 0.25) is 0 Å². The minimum Gasteiger partial charge on any atom is -0.493 e. The van der Waals surface area contributed by atoms with Gasteiger partial charge in [0.1, 0.15) is 5.75 Å². The number of unbranched alkanes of at least 4 members (excludes halogenated alkanes) is 1. The summed E-state index contributed by atoms with van der Waals surface area (Å²) in [5.41, 5.74) is 6.80. The SMILES string of the molecule is CCCCOc1ccc(Br)cc1C(=O)NC(=S)NNC(=O)c1ccc(C)c(Br)c1. The van der Waals surface area contributed by atoms with Gasteiger partial charge in [0, 0.05) is 14.5 Å². The van der Waals surface area contributed by atoms with E-state index in [-0.39, 0.29) is 11.0 Å². The minimum absolute atomic E-state index is 0.0333.